The maximum atomic E-state index is 11.6. The van der Waals surface area contributed by atoms with Crippen LogP contribution in [0, 0.1) is 5.92 Å². The first-order chi connectivity index (χ1) is 7.67. The van der Waals surface area contributed by atoms with Gasteiger partial charge in [0.1, 0.15) is 0 Å². The molecule has 1 saturated heterocycles. The molecule has 0 aromatic carbocycles. The van der Waals surface area contributed by atoms with E-state index < -0.39 is 0 Å². The van der Waals surface area contributed by atoms with Gasteiger partial charge in [0.15, 0.2) is 0 Å². The topological polar surface area (TPSA) is 35.6 Å². The number of urea groups is 1. The molecule has 4 heteroatoms. The average molecular weight is 227 g/mol. The fourth-order valence-electron chi connectivity index (χ4n) is 2.34. The van der Waals surface area contributed by atoms with Crippen molar-refractivity contribution >= 4 is 6.03 Å². The number of carbonyl (C=O) groups is 1. The van der Waals surface area contributed by atoms with Crippen LogP contribution in [0.3, 0.4) is 0 Å². The van der Waals surface area contributed by atoms with Gasteiger partial charge >= 0.3 is 6.03 Å². The van der Waals surface area contributed by atoms with Crippen LogP contribution in [0.1, 0.15) is 26.7 Å². The van der Waals surface area contributed by atoms with E-state index in [1.165, 1.54) is 6.42 Å². The van der Waals surface area contributed by atoms with Gasteiger partial charge in [-0.05, 0) is 39.3 Å². The molecule has 0 saturated carbocycles. The lowest BCUT2D eigenvalue weighted by atomic mass is 10.1. The van der Waals surface area contributed by atoms with E-state index in [2.05, 4.69) is 24.2 Å². The summed E-state index contributed by atoms with van der Waals surface area (Å²) in [6.45, 7) is 8.97. The molecule has 16 heavy (non-hydrogen) atoms. The molecule has 0 unspecified atom stereocenters. The highest BCUT2D eigenvalue weighted by Gasteiger charge is 2.26. The lowest BCUT2D eigenvalue weighted by Crippen LogP contribution is -2.39. The van der Waals surface area contributed by atoms with Gasteiger partial charge in [0.25, 0.3) is 0 Å². The van der Waals surface area contributed by atoms with E-state index in [1.54, 1.807) is 0 Å². The second-order valence-electron chi connectivity index (χ2n) is 4.70. The summed E-state index contributed by atoms with van der Waals surface area (Å²) >= 11 is 0. The SMILES string of the molecule is CCCN(C)C[C@@H]1CCN(C(=O)NCC)C1. The molecule has 1 fully saturated rings. The predicted octanol–water partition coefficient (Wildman–Crippen LogP) is 1.38. The van der Waals surface area contributed by atoms with Crippen LogP contribution in [0.5, 0.6) is 0 Å². The normalized spacial score (nSPS) is 20.5. The molecule has 0 aromatic rings. The molecule has 4 nitrogen and oxygen atoms in total. The number of rotatable bonds is 5. The molecular formula is C12H25N3O. The van der Waals surface area contributed by atoms with E-state index >= 15 is 0 Å². The van der Waals surface area contributed by atoms with Crippen molar-refractivity contribution < 1.29 is 4.79 Å². The van der Waals surface area contributed by atoms with Crippen LogP contribution in [-0.4, -0.2) is 55.6 Å². The number of hydrogen-bond acceptors (Lipinski definition) is 2. The van der Waals surface area contributed by atoms with Crippen molar-refractivity contribution in [1.29, 1.82) is 0 Å². The summed E-state index contributed by atoms with van der Waals surface area (Å²) in [5, 5.41) is 2.86. The van der Waals surface area contributed by atoms with Crippen LogP contribution in [0.25, 0.3) is 0 Å². The molecule has 0 aromatic heterocycles. The highest BCUT2D eigenvalue weighted by molar-refractivity contribution is 5.74. The Labute approximate surface area is 99.0 Å². The van der Waals surface area contributed by atoms with Gasteiger partial charge in [-0.3, -0.25) is 0 Å². The Morgan fingerprint density at radius 3 is 2.88 bits per heavy atom. The molecule has 0 radical (unpaired) electrons. The van der Waals surface area contributed by atoms with E-state index in [0.29, 0.717) is 5.92 Å². The van der Waals surface area contributed by atoms with Gasteiger partial charge in [0.05, 0.1) is 0 Å². The Bertz CT molecular complexity index is 220. The molecule has 0 bridgehead atoms. The largest absolute Gasteiger partial charge is 0.338 e. The molecule has 2 amide bonds. The summed E-state index contributed by atoms with van der Waals surface area (Å²) in [6.07, 6.45) is 2.34. The maximum absolute atomic E-state index is 11.6. The number of carbonyl (C=O) groups excluding carboxylic acids is 1. The van der Waals surface area contributed by atoms with Crippen LogP contribution in [-0.2, 0) is 0 Å². The zero-order chi connectivity index (χ0) is 12.0. The van der Waals surface area contributed by atoms with Gasteiger partial charge in [-0.15, -0.1) is 0 Å². The van der Waals surface area contributed by atoms with Crippen LogP contribution in [0.2, 0.25) is 0 Å². The molecule has 1 aliphatic rings. The van der Waals surface area contributed by atoms with Crippen LogP contribution < -0.4 is 5.32 Å². The number of likely N-dealkylation sites (tertiary alicyclic amines) is 1. The third kappa shape index (κ3) is 4.00. The summed E-state index contributed by atoms with van der Waals surface area (Å²) < 4.78 is 0. The summed E-state index contributed by atoms with van der Waals surface area (Å²) in [7, 11) is 2.16. The van der Waals surface area contributed by atoms with Crippen molar-refractivity contribution in [2.24, 2.45) is 5.92 Å². The molecule has 94 valence electrons. The van der Waals surface area contributed by atoms with E-state index in [4.69, 9.17) is 0 Å². The fraction of sp³-hybridized carbons (Fsp3) is 0.917. The maximum Gasteiger partial charge on any atom is 0.317 e. The second kappa shape index (κ2) is 6.74. The molecule has 1 atom stereocenters. The van der Waals surface area contributed by atoms with Gasteiger partial charge in [-0.2, -0.15) is 0 Å². The number of nitrogens with one attached hydrogen (secondary N) is 1. The van der Waals surface area contributed by atoms with E-state index in [-0.39, 0.29) is 6.03 Å². The molecule has 1 rings (SSSR count). The van der Waals surface area contributed by atoms with Crippen LogP contribution >= 0.6 is 0 Å². The van der Waals surface area contributed by atoms with Gasteiger partial charge in [-0.1, -0.05) is 6.92 Å². The number of amides is 2. The van der Waals surface area contributed by atoms with Crippen LogP contribution in [0.4, 0.5) is 4.79 Å². The number of nitrogens with zero attached hydrogens (tertiary/aromatic N) is 2. The monoisotopic (exact) mass is 227 g/mol. The van der Waals surface area contributed by atoms with E-state index in [9.17, 15) is 4.79 Å². The predicted molar refractivity (Wildman–Crippen MR) is 66.5 cm³/mol. The minimum absolute atomic E-state index is 0.100. The molecule has 0 spiro atoms. The Hall–Kier alpha value is -0.770. The zero-order valence-corrected chi connectivity index (χ0v) is 10.8. The first-order valence-corrected chi connectivity index (χ1v) is 6.38. The van der Waals surface area contributed by atoms with Crippen molar-refractivity contribution in [2.75, 3.05) is 39.8 Å². The van der Waals surface area contributed by atoms with Gasteiger partial charge in [0.2, 0.25) is 0 Å². The smallest absolute Gasteiger partial charge is 0.317 e. The van der Waals surface area contributed by atoms with Crippen molar-refractivity contribution in [1.82, 2.24) is 15.1 Å². The lowest BCUT2D eigenvalue weighted by molar-refractivity contribution is 0.205. The molecule has 0 aliphatic carbocycles. The third-order valence-corrected chi connectivity index (χ3v) is 3.08. The van der Waals surface area contributed by atoms with Crippen molar-refractivity contribution in [3.8, 4) is 0 Å². The Morgan fingerprint density at radius 1 is 1.50 bits per heavy atom. The Kier molecular flexibility index (Phi) is 5.60. The molecule has 1 heterocycles. The summed E-state index contributed by atoms with van der Waals surface area (Å²) in [4.78, 5) is 15.9. The Balaban J connectivity index is 2.26. The summed E-state index contributed by atoms with van der Waals surface area (Å²) in [6, 6.07) is 0.100. The van der Waals surface area contributed by atoms with E-state index in [0.717, 1.165) is 39.1 Å². The summed E-state index contributed by atoms with van der Waals surface area (Å²) in [5.74, 6) is 0.652. The quantitative estimate of drug-likeness (QED) is 0.770. The highest BCUT2D eigenvalue weighted by Crippen LogP contribution is 2.17. The minimum atomic E-state index is 0.100. The van der Waals surface area contributed by atoms with E-state index in [1.807, 2.05) is 11.8 Å². The molecular weight excluding hydrogens is 202 g/mol. The first-order valence-electron chi connectivity index (χ1n) is 6.38. The number of hydrogen-bond donors (Lipinski definition) is 1. The standard InChI is InChI=1S/C12H25N3O/c1-4-7-14(3)9-11-6-8-15(10-11)12(16)13-5-2/h11H,4-10H2,1-3H3,(H,13,16)/t11-/m0/s1. The van der Waals surface area contributed by atoms with Gasteiger partial charge in [0, 0.05) is 26.2 Å². The molecule has 1 aliphatic heterocycles. The fourth-order valence-corrected chi connectivity index (χ4v) is 2.34. The first kappa shape index (κ1) is 13.3. The third-order valence-electron chi connectivity index (χ3n) is 3.08. The van der Waals surface area contributed by atoms with Crippen molar-refractivity contribution in [3.63, 3.8) is 0 Å². The lowest BCUT2D eigenvalue weighted by Gasteiger charge is -2.21. The van der Waals surface area contributed by atoms with Crippen LogP contribution in [0.15, 0.2) is 0 Å². The minimum Gasteiger partial charge on any atom is -0.338 e. The average Bonchev–Trinajstić information content (AvgIpc) is 2.67. The molecule has 1 N–H and O–H groups in total. The van der Waals surface area contributed by atoms with Gasteiger partial charge < -0.3 is 15.1 Å². The Morgan fingerprint density at radius 2 is 2.25 bits per heavy atom. The second-order valence-corrected chi connectivity index (χ2v) is 4.70. The van der Waals surface area contributed by atoms with Gasteiger partial charge in [-0.25, -0.2) is 4.79 Å². The zero-order valence-electron chi connectivity index (χ0n) is 10.8. The summed E-state index contributed by atoms with van der Waals surface area (Å²) in [5.41, 5.74) is 0. The van der Waals surface area contributed by atoms with Crippen molar-refractivity contribution in [3.05, 3.63) is 0 Å². The van der Waals surface area contributed by atoms with Crippen molar-refractivity contribution in [2.45, 2.75) is 26.7 Å². The highest BCUT2D eigenvalue weighted by atomic mass is 16.2.